The number of nitrogens with one attached hydrogen (secondary N) is 2. The first-order valence-corrected chi connectivity index (χ1v) is 13.6. The summed E-state index contributed by atoms with van der Waals surface area (Å²) < 4.78 is 42.2. The van der Waals surface area contributed by atoms with E-state index in [0.29, 0.717) is 22.7 Å². The number of anilines is 2. The zero-order chi connectivity index (χ0) is 27.7. The van der Waals surface area contributed by atoms with E-state index in [1.54, 1.807) is 12.1 Å². The Labute approximate surface area is 211 Å². The lowest BCUT2D eigenvalue weighted by atomic mass is 10.2. The van der Waals surface area contributed by atoms with Gasteiger partial charge in [0.1, 0.15) is 5.75 Å². The molecule has 0 aliphatic carbocycles. The van der Waals surface area contributed by atoms with E-state index >= 15 is 0 Å². The number of rotatable bonds is 5. The molecular weight excluding hydrogens is 562 g/mol. The van der Waals surface area contributed by atoms with Crippen LogP contribution >= 0.6 is 22.7 Å². The van der Waals surface area contributed by atoms with Crippen LogP contribution in [0.5, 0.6) is 5.75 Å². The average molecular weight is 582 g/mol. The quantitative estimate of drug-likeness (QED) is 0.193. The number of sulfonamides is 2. The van der Waals surface area contributed by atoms with Crippen LogP contribution < -0.4 is 26.6 Å². The molecule has 2 heterocycles. The van der Waals surface area contributed by atoms with E-state index in [9.17, 15) is 31.2 Å². The standard InChI is InChI=1S/C7H7NO2.2C4H6N4O3S2/c8-7(10)5-3-1-2-4-6(5)9;2*1-2(9)6-3-7-8-4(12-3)13(5,10)11/h1-4,9H,(H2,8,10);2*1H3,(H2,5,10,11)(H,6,7,9). The summed E-state index contributed by atoms with van der Waals surface area (Å²) in [7, 11) is -7.65. The van der Waals surface area contributed by atoms with Crippen LogP contribution in [0.2, 0.25) is 0 Å². The number of amides is 3. The molecule has 0 aliphatic heterocycles. The van der Waals surface area contributed by atoms with Gasteiger partial charge in [-0.25, -0.2) is 27.1 Å². The number of hydrogen-bond acceptors (Lipinski definition) is 14. The summed E-state index contributed by atoms with van der Waals surface area (Å²) >= 11 is 1.40. The number of carbonyl (C=O) groups excluding carboxylic acids is 3. The van der Waals surface area contributed by atoms with Crippen molar-refractivity contribution in [2.45, 2.75) is 22.5 Å². The highest BCUT2D eigenvalue weighted by Gasteiger charge is 2.16. The van der Waals surface area contributed by atoms with E-state index in [4.69, 9.17) is 21.1 Å². The zero-order valence-corrected chi connectivity index (χ0v) is 21.5. The molecule has 9 N–H and O–H groups in total. The van der Waals surface area contributed by atoms with E-state index in [1.807, 2.05) is 0 Å². The topological polar surface area (TPSA) is 293 Å². The molecule has 0 atom stereocenters. The summed E-state index contributed by atoms with van der Waals surface area (Å²) in [5.74, 6) is -1.39. The highest BCUT2D eigenvalue weighted by Crippen LogP contribution is 2.18. The minimum Gasteiger partial charge on any atom is -0.507 e. The van der Waals surface area contributed by atoms with Gasteiger partial charge in [-0.1, -0.05) is 34.8 Å². The van der Waals surface area contributed by atoms with Crippen LogP contribution in [-0.2, 0) is 29.6 Å². The predicted octanol–water partition coefficient (Wildman–Crippen LogP) is -1.22. The van der Waals surface area contributed by atoms with Crippen LogP contribution in [0.3, 0.4) is 0 Å². The van der Waals surface area contributed by atoms with Crippen LogP contribution in [0.25, 0.3) is 0 Å². The molecule has 3 rings (SSSR count). The average Bonchev–Trinajstić information content (AvgIpc) is 3.37. The number of primary sulfonamides is 2. The van der Waals surface area contributed by atoms with Crippen LogP contribution in [0, 0.1) is 0 Å². The van der Waals surface area contributed by atoms with Gasteiger partial charge < -0.3 is 21.5 Å². The lowest BCUT2D eigenvalue weighted by Crippen LogP contribution is -2.11. The van der Waals surface area contributed by atoms with E-state index < -0.39 is 26.0 Å². The Kier molecular flexibility index (Phi) is 10.9. The molecule has 0 saturated carbocycles. The van der Waals surface area contributed by atoms with Gasteiger partial charge in [-0.3, -0.25) is 14.4 Å². The molecule has 0 spiro atoms. The first-order valence-electron chi connectivity index (χ1n) is 8.86. The normalized spacial score (nSPS) is 10.7. The van der Waals surface area contributed by atoms with Crippen molar-refractivity contribution < 1.29 is 36.3 Å². The molecule has 196 valence electrons. The fourth-order valence-corrected chi connectivity index (χ4v) is 4.49. The number of primary amides is 1. The Morgan fingerprint density at radius 2 is 1.19 bits per heavy atom. The lowest BCUT2D eigenvalue weighted by molar-refractivity contribution is -0.115. The first kappa shape index (κ1) is 30.4. The highest BCUT2D eigenvalue weighted by atomic mass is 32.3. The third-order valence-electron chi connectivity index (χ3n) is 3.04. The summed E-state index contributed by atoms with van der Waals surface area (Å²) in [6.07, 6.45) is 0. The SMILES string of the molecule is CC(=O)Nc1nnc(S(N)(=O)=O)s1.CC(=O)Nc1nnc(S(N)(=O)=O)s1.NC(=O)c1ccccc1O. The molecule has 21 heteroatoms. The number of benzene rings is 1. The molecule has 1 aromatic carbocycles. The van der Waals surface area contributed by atoms with Crippen molar-refractivity contribution >= 4 is 70.7 Å². The second-order valence-electron chi connectivity index (χ2n) is 6.08. The van der Waals surface area contributed by atoms with Crippen molar-refractivity contribution in [3.05, 3.63) is 29.8 Å². The van der Waals surface area contributed by atoms with Crippen molar-refractivity contribution in [3.63, 3.8) is 0 Å². The van der Waals surface area contributed by atoms with E-state index in [2.05, 4.69) is 31.0 Å². The molecule has 0 bridgehead atoms. The first-order chi connectivity index (χ1) is 16.5. The van der Waals surface area contributed by atoms with Gasteiger partial charge in [0.05, 0.1) is 5.56 Å². The molecule has 3 amide bonds. The molecule has 36 heavy (non-hydrogen) atoms. The number of para-hydroxylation sites is 1. The molecular formula is C15H19N9O8S4. The second kappa shape index (κ2) is 12.9. The van der Waals surface area contributed by atoms with E-state index in [0.717, 1.165) is 0 Å². The summed E-state index contributed by atoms with van der Waals surface area (Å²) in [5.41, 5.74) is 5.07. The van der Waals surface area contributed by atoms with Gasteiger partial charge in [-0.05, 0) is 12.1 Å². The Hall–Kier alpha value is -3.63. The van der Waals surface area contributed by atoms with Gasteiger partial charge in [0, 0.05) is 13.8 Å². The minimum absolute atomic E-state index is 0.0741. The van der Waals surface area contributed by atoms with Crippen LogP contribution in [0.15, 0.2) is 32.9 Å². The number of carbonyl (C=O) groups is 3. The third-order valence-corrected chi connectivity index (χ3v) is 7.33. The second-order valence-corrected chi connectivity index (χ2v) is 11.5. The number of aromatic nitrogens is 4. The Morgan fingerprint density at radius 3 is 1.44 bits per heavy atom. The Morgan fingerprint density at radius 1 is 0.806 bits per heavy atom. The molecule has 0 unspecified atom stereocenters. The van der Waals surface area contributed by atoms with E-state index in [1.165, 1.54) is 26.0 Å². The monoisotopic (exact) mass is 581 g/mol. The maximum absolute atomic E-state index is 10.7. The largest absolute Gasteiger partial charge is 0.507 e. The summed E-state index contributed by atoms with van der Waals surface area (Å²) in [6.45, 7) is 2.55. The molecule has 0 saturated heterocycles. The number of aromatic hydroxyl groups is 1. The predicted molar refractivity (Wildman–Crippen MR) is 128 cm³/mol. The third kappa shape index (κ3) is 10.7. The molecule has 3 aromatic rings. The maximum Gasteiger partial charge on any atom is 0.267 e. The maximum atomic E-state index is 10.7. The Balaban J connectivity index is 0.000000273. The number of nitrogens with two attached hydrogens (primary N) is 3. The van der Waals surface area contributed by atoms with Crippen molar-refractivity contribution in [2.24, 2.45) is 16.0 Å². The van der Waals surface area contributed by atoms with Crippen LogP contribution in [-0.4, -0.2) is 60.1 Å². The smallest absolute Gasteiger partial charge is 0.267 e. The molecule has 0 fully saturated rings. The fraction of sp³-hybridized carbons (Fsp3) is 0.133. The van der Waals surface area contributed by atoms with Gasteiger partial charge >= 0.3 is 0 Å². The summed E-state index contributed by atoms with van der Waals surface area (Å²) in [6, 6.07) is 6.15. The fourth-order valence-electron chi connectivity index (χ4n) is 1.73. The number of phenols is 1. The molecule has 17 nitrogen and oxygen atoms in total. The molecule has 0 radical (unpaired) electrons. The number of nitrogens with zero attached hydrogens (tertiary/aromatic N) is 4. The van der Waals surface area contributed by atoms with Gasteiger partial charge in [0.15, 0.2) is 0 Å². The van der Waals surface area contributed by atoms with Gasteiger partial charge in [0.25, 0.3) is 26.0 Å². The van der Waals surface area contributed by atoms with Crippen LogP contribution in [0.1, 0.15) is 24.2 Å². The number of hydrogen-bond donors (Lipinski definition) is 6. The van der Waals surface area contributed by atoms with Gasteiger partial charge in [-0.2, -0.15) is 0 Å². The van der Waals surface area contributed by atoms with Crippen molar-refractivity contribution in [2.75, 3.05) is 10.6 Å². The minimum atomic E-state index is -3.82. The van der Waals surface area contributed by atoms with Gasteiger partial charge in [-0.15, -0.1) is 20.4 Å². The molecule has 0 aliphatic rings. The Bertz CT molecular complexity index is 1370. The highest BCUT2D eigenvalue weighted by molar-refractivity contribution is 7.91. The van der Waals surface area contributed by atoms with E-state index in [-0.39, 0.29) is 42.1 Å². The lowest BCUT2D eigenvalue weighted by Gasteiger charge is -1.96. The van der Waals surface area contributed by atoms with Gasteiger partial charge in [0.2, 0.25) is 30.8 Å². The zero-order valence-electron chi connectivity index (χ0n) is 18.3. The van der Waals surface area contributed by atoms with Crippen molar-refractivity contribution in [3.8, 4) is 5.75 Å². The summed E-state index contributed by atoms with van der Waals surface area (Å²) in [5, 5.41) is 36.7. The van der Waals surface area contributed by atoms with Crippen LogP contribution in [0.4, 0.5) is 10.3 Å². The molecule has 2 aromatic heterocycles. The van der Waals surface area contributed by atoms with Crippen molar-refractivity contribution in [1.29, 1.82) is 0 Å². The summed E-state index contributed by atoms with van der Waals surface area (Å²) in [4.78, 5) is 31.5. The van der Waals surface area contributed by atoms with Crippen molar-refractivity contribution in [1.82, 2.24) is 20.4 Å².